The lowest BCUT2D eigenvalue weighted by Crippen LogP contribution is -2.29. The van der Waals surface area contributed by atoms with Gasteiger partial charge in [0.1, 0.15) is 6.61 Å². The molecule has 3 unspecified atom stereocenters. The van der Waals surface area contributed by atoms with E-state index in [1.807, 2.05) is 6.92 Å². The fourth-order valence-electron chi connectivity index (χ4n) is 0.567. The van der Waals surface area contributed by atoms with Gasteiger partial charge in [0.25, 0.3) is 0 Å². The third-order valence-electron chi connectivity index (χ3n) is 1.42. The second-order valence-electron chi connectivity index (χ2n) is 2.28. The molecular weight excluding hydrogens is 212 g/mol. The van der Waals surface area contributed by atoms with E-state index in [1.165, 1.54) is 0 Å². The second kappa shape index (κ2) is 7.19. The first-order valence-corrected chi connectivity index (χ1v) is 4.74. The smallest absolute Gasteiger partial charge is 0.419 e. The molecule has 0 amide bonds. The van der Waals surface area contributed by atoms with Crippen LogP contribution in [0.25, 0.3) is 0 Å². The summed E-state index contributed by atoms with van der Waals surface area (Å²) in [6.45, 7) is 2.09. The first-order chi connectivity index (χ1) is 6.15. The Kier molecular flexibility index (Phi) is 7.06. The molecule has 13 heavy (non-hydrogen) atoms. The van der Waals surface area contributed by atoms with Crippen molar-refractivity contribution in [3.63, 3.8) is 0 Å². The third kappa shape index (κ3) is 5.14. The molecule has 1 N–H and O–H groups in total. The zero-order valence-electron chi connectivity index (χ0n) is 7.28. The lowest BCUT2D eigenvalue weighted by molar-refractivity contribution is -0.162. The summed E-state index contributed by atoms with van der Waals surface area (Å²) in [7, 11) is 4.01. The summed E-state index contributed by atoms with van der Waals surface area (Å²) in [5.41, 5.74) is 0. The maximum Gasteiger partial charge on any atom is 0.419 e. The molecule has 76 valence electrons. The molecule has 7 heteroatoms. The Morgan fingerprint density at radius 2 is 2.08 bits per heavy atom. The van der Waals surface area contributed by atoms with Gasteiger partial charge in [-0.1, -0.05) is 16.3 Å². The number of carbonyl (C=O) groups excluding carboxylic acids is 2. The van der Waals surface area contributed by atoms with Gasteiger partial charge in [-0.05, 0) is 6.42 Å². The summed E-state index contributed by atoms with van der Waals surface area (Å²) in [5.74, 6) is -1.99. The number of carbonyl (C=O) groups is 2. The van der Waals surface area contributed by atoms with Crippen molar-refractivity contribution in [2.75, 3.05) is 6.61 Å². The predicted molar refractivity (Wildman–Crippen MR) is 53.7 cm³/mol. The molecule has 0 aromatic rings. The normalized spacial score (nSPS) is 11.9. The predicted octanol–water partition coefficient (Wildman–Crippen LogP) is 0.0212. The zero-order valence-corrected chi connectivity index (χ0v) is 9.59. The second-order valence-corrected chi connectivity index (χ2v) is 2.84. The van der Waals surface area contributed by atoms with Gasteiger partial charge in [0.15, 0.2) is 0 Å². The molecule has 3 atom stereocenters. The van der Waals surface area contributed by atoms with Gasteiger partial charge in [-0.15, -0.1) is 0 Å². The van der Waals surface area contributed by atoms with Crippen LogP contribution < -0.4 is 5.09 Å². The molecule has 0 aliphatic rings. The fraction of sp³-hybridized carbons (Fsp3) is 0.667. The average molecular weight is 225 g/mol. The molecule has 0 heterocycles. The lowest BCUT2D eigenvalue weighted by Gasteiger charge is -2.12. The Bertz CT molecular complexity index is 183. The monoisotopic (exact) mass is 225 g/mol. The van der Waals surface area contributed by atoms with Gasteiger partial charge in [0.05, 0.1) is 9.47 Å². The van der Waals surface area contributed by atoms with Gasteiger partial charge in [0.2, 0.25) is 0 Å². The SMILES string of the molecule is CCC(COC(=O)C(=O)OP)NP. The highest BCUT2D eigenvalue weighted by Crippen LogP contribution is 1.96. The minimum Gasteiger partial charge on any atom is -0.456 e. The van der Waals surface area contributed by atoms with Crippen molar-refractivity contribution in [3.05, 3.63) is 0 Å². The van der Waals surface area contributed by atoms with Gasteiger partial charge in [-0.25, -0.2) is 9.59 Å². The summed E-state index contributed by atoms with van der Waals surface area (Å²) in [4.78, 5) is 21.3. The van der Waals surface area contributed by atoms with Crippen LogP contribution in [0.1, 0.15) is 13.3 Å². The summed E-state index contributed by atoms with van der Waals surface area (Å²) in [6.07, 6.45) is 0.798. The van der Waals surface area contributed by atoms with Crippen LogP contribution in [0, 0.1) is 0 Å². The highest BCUT2D eigenvalue weighted by atomic mass is 31.0. The van der Waals surface area contributed by atoms with Crippen LogP contribution in [0.3, 0.4) is 0 Å². The summed E-state index contributed by atoms with van der Waals surface area (Å²) >= 11 is 0. The van der Waals surface area contributed by atoms with Crippen LogP contribution in [-0.2, 0) is 18.8 Å². The van der Waals surface area contributed by atoms with Crippen molar-refractivity contribution in [2.45, 2.75) is 19.4 Å². The molecule has 0 saturated carbocycles. The van der Waals surface area contributed by atoms with Crippen molar-refractivity contribution in [1.29, 1.82) is 0 Å². The Labute approximate surface area is 81.5 Å². The molecular formula is C6H13NO4P2. The van der Waals surface area contributed by atoms with Crippen molar-refractivity contribution < 1.29 is 18.8 Å². The van der Waals surface area contributed by atoms with Crippen molar-refractivity contribution in [1.82, 2.24) is 5.09 Å². The molecule has 0 fully saturated rings. The van der Waals surface area contributed by atoms with Crippen molar-refractivity contribution in [3.8, 4) is 0 Å². The molecule has 0 aromatic carbocycles. The number of rotatable bonds is 4. The topological polar surface area (TPSA) is 64.6 Å². The van der Waals surface area contributed by atoms with Crippen LogP contribution in [0.5, 0.6) is 0 Å². The molecule has 0 bridgehead atoms. The first kappa shape index (κ1) is 12.8. The van der Waals surface area contributed by atoms with E-state index in [0.717, 1.165) is 6.42 Å². The Morgan fingerprint density at radius 3 is 2.46 bits per heavy atom. The Hall–Kier alpha value is -0.240. The van der Waals surface area contributed by atoms with Crippen LogP contribution in [0.2, 0.25) is 0 Å². The van der Waals surface area contributed by atoms with Gasteiger partial charge in [-0.2, -0.15) is 0 Å². The average Bonchev–Trinajstić information content (AvgIpc) is 2.17. The summed E-state index contributed by atoms with van der Waals surface area (Å²) in [5, 5.41) is 2.85. The summed E-state index contributed by atoms with van der Waals surface area (Å²) in [6, 6.07) is 0.0336. The maximum absolute atomic E-state index is 10.8. The van der Waals surface area contributed by atoms with E-state index < -0.39 is 11.9 Å². The summed E-state index contributed by atoms with van der Waals surface area (Å²) < 4.78 is 8.73. The largest absolute Gasteiger partial charge is 0.456 e. The zero-order chi connectivity index (χ0) is 10.3. The quantitative estimate of drug-likeness (QED) is 0.415. The Balaban J connectivity index is 3.74. The molecule has 0 radical (unpaired) electrons. The standard InChI is InChI=1S/C6H13NO4P2/c1-2-4(7-12)3-10-5(8)6(9)11-13/h4,7H,2-3,12-13H2,1H3. The highest BCUT2D eigenvalue weighted by molar-refractivity contribution is 7.13. The molecule has 0 aromatic heterocycles. The van der Waals surface area contributed by atoms with Crippen LogP contribution in [-0.4, -0.2) is 24.6 Å². The molecule has 0 rings (SSSR count). The van der Waals surface area contributed by atoms with Gasteiger partial charge in [0, 0.05) is 6.04 Å². The van der Waals surface area contributed by atoms with Gasteiger partial charge in [-0.3, -0.25) is 5.09 Å². The Morgan fingerprint density at radius 1 is 1.46 bits per heavy atom. The van der Waals surface area contributed by atoms with Crippen molar-refractivity contribution in [2.24, 2.45) is 0 Å². The van der Waals surface area contributed by atoms with E-state index in [4.69, 9.17) is 0 Å². The lowest BCUT2D eigenvalue weighted by atomic mass is 10.3. The van der Waals surface area contributed by atoms with E-state index in [9.17, 15) is 9.59 Å². The minimum atomic E-state index is -1.01. The minimum absolute atomic E-state index is 0.0336. The van der Waals surface area contributed by atoms with E-state index in [1.54, 1.807) is 9.47 Å². The fourth-order valence-corrected chi connectivity index (χ4v) is 0.995. The number of esters is 1. The van der Waals surface area contributed by atoms with Gasteiger partial charge >= 0.3 is 11.9 Å². The first-order valence-electron chi connectivity index (χ1n) is 3.69. The number of nitrogens with one attached hydrogen (secondary N) is 1. The van der Waals surface area contributed by atoms with E-state index in [-0.39, 0.29) is 12.6 Å². The molecule has 0 saturated heterocycles. The van der Waals surface area contributed by atoms with Crippen molar-refractivity contribution >= 4 is 30.8 Å². The molecule has 0 spiro atoms. The van der Waals surface area contributed by atoms with Gasteiger partial charge < -0.3 is 9.26 Å². The highest BCUT2D eigenvalue weighted by Gasteiger charge is 2.16. The molecule has 5 nitrogen and oxygen atoms in total. The maximum atomic E-state index is 10.8. The third-order valence-corrected chi connectivity index (χ3v) is 2.10. The van der Waals surface area contributed by atoms with E-state index in [0.29, 0.717) is 0 Å². The number of hydrogen-bond acceptors (Lipinski definition) is 5. The molecule has 0 aliphatic heterocycles. The van der Waals surface area contributed by atoms with Crippen LogP contribution in [0.4, 0.5) is 0 Å². The van der Waals surface area contributed by atoms with Crippen LogP contribution in [0.15, 0.2) is 0 Å². The molecule has 0 aliphatic carbocycles. The van der Waals surface area contributed by atoms with Crippen LogP contribution >= 0.6 is 18.9 Å². The van der Waals surface area contributed by atoms with E-state index >= 15 is 0 Å². The van der Waals surface area contributed by atoms with E-state index in [2.05, 4.69) is 23.7 Å². The number of ether oxygens (including phenoxy) is 1. The number of hydrogen-bond donors (Lipinski definition) is 1.